The zero-order valence-electron chi connectivity index (χ0n) is 22.8. The molecule has 1 aliphatic heterocycles. The molecule has 200 valence electrons. The number of fused-ring (bicyclic) bond motifs is 11. The second-order valence-corrected chi connectivity index (χ2v) is 12.3. The van der Waals surface area contributed by atoms with Crippen LogP contribution in [0.25, 0.3) is 65.0 Å². The van der Waals surface area contributed by atoms with Crippen LogP contribution in [-0.2, 0) is 0 Å². The maximum absolute atomic E-state index is 6.95. The predicted octanol–water partition coefficient (Wildman–Crippen LogP) is 11.1. The molecule has 0 saturated carbocycles. The highest BCUT2D eigenvalue weighted by molar-refractivity contribution is 7.38. The first-order valence-corrected chi connectivity index (χ1v) is 15.6. The van der Waals surface area contributed by atoms with Crippen molar-refractivity contribution in [3.63, 3.8) is 0 Å². The lowest BCUT2D eigenvalue weighted by atomic mass is 9.93. The van der Waals surface area contributed by atoms with Crippen LogP contribution in [0.4, 0.5) is 0 Å². The van der Waals surface area contributed by atoms with E-state index in [1.807, 2.05) is 0 Å². The lowest BCUT2D eigenvalue weighted by Crippen LogP contribution is -2.26. The Morgan fingerprint density at radius 3 is 1.37 bits per heavy atom. The topological polar surface area (TPSA) is 29.5 Å². The number of hydrogen-bond donors (Lipinski definition) is 0. The van der Waals surface area contributed by atoms with Crippen molar-refractivity contribution in [3.8, 4) is 0 Å². The Labute approximate surface area is 239 Å². The van der Waals surface area contributed by atoms with Gasteiger partial charge < -0.3 is 8.39 Å². The van der Waals surface area contributed by atoms with Crippen LogP contribution in [0.3, 0.4) is 0 Å². The number of hydrogen-bond acceptors (Lipinski definition) is 3. The van der Waals surface area contributed by atoms with Crippen molar-refractivity contribution in [2.24, 2.45) is 0 Å². The highest BCUT2D eigenvalue weighted by atomic mass is 31.1. The van der Waals surface area contributed by atoms with Crippen molar-refractivity contribution in [1.29, 1.82) is 0 Å². The van der Waals surface area contributed by atoms with Crippen LogP contribution in [0.15, 0.2) is 130 Å². The van der Waals surface area contributed by atoms with Crippen molar-refractivity contribution >= 4 is 73.2 Å². The second kappa shape index (κ2) is 10.3. The molecule has 0 spiro atoms. The summed E-state index contributed by atoms with van der Waals surface area (Å²) < 4.78 is 16.3. The van der Waals surface area contributed by atoms with Gasteiger partial charge in [0.25, 0.3) is 0 Å². The van der Waals surface area contributed by atoms with Crippen LogP contribution in [0.5, 0.6) is 0 Å². The average Bonchev–Trinajstić information content (AvgIpc) is 3.06. The molecule has 6 aromatic carbocycles. The van der Waals surface area contributed by atoms with Crippen LogP contribution in [0.2, 0.25) is 0 Å². The summed E-state index contributed by atoms with van der Waals surface area (Å²) in [4.78, 5) is 0. The van der Waals surface area contributed by atoms with Crippen molar-refractivity contribution in [1.82, 2.24) is 0 Å². The molecule has 0 N–H and O–H groups in total. The molecule has 3 nitrogen and oxygen atoms in total. The Hall–Kier alpha value is -4.30. The van der Waals surface area contributed by atoms with Gasteiger partial charge >= 0.3 is 8.16 Å². The van der Waals surface area contributed by atoms with Gasteiger partial charge in [-0.1, -0.05) is 116 Å². The molecule has 41 heavy (non-hydrogen) atoms. The number of rotatable bonds is 1. The van der Waals surface area contributed by atoms with Crippen molar-refractivity contribution in [2.75, 3.05) is 17.8 Å². The van der Waals surface area contributed by atoms with Gasteiger partial charge in [-0.25, -0.2) is 4.67 Å². The molecule has 2 heterocycles. The highest BCUT2D eigenvalue weighted by Gasteiger charge is 2.17. The van der Waals surface area contributed by atoms with E-state index in [9.17, 15) is 0 Å². The average molecular weight is 552 g/mol. The molecule has 4 heteroatoms. The first-order valence-electron chi connectivity index (χ1n) is 14.5. The fraction of sp³-hybridized carbons (Fsp3) is 0.135. The van der Waals surface area contributed by atoms with E-state index in [2.05, 4.69) is 126 Å². The van der Waals surface area contributed by atoms with Crippen molar-refractivity contribution < 1.29 is 8.39 Å². The number of piperidine rings is 1. The molecule has 0 amide bonds. The van der Waals surface area contributed by atoms with E-state index in [0.29, 0.717) is 0 Å². The third-order valence-corrected chi connectivity index (χ3v) is 9.95. The zero-order chi connectivity index (χ0) is 27.2. The third-order valence-electron chi connectivity index (χ3n) is 8.38. The summed E-state index contributed by atoms with van der Waals surface area (Å²) in [5, 5.41) is 11.9. The molecule has 0 radical (unpaired) electrons. The minimum Gasteiger partial charge on any atom is -0.408 e. The zero-order valence-corrected chi connectivity index (χ0v) is 23.7. The Morgan fingerprint density at radius 1 is 0.415 bits per heavy atom. The molecule has 1 aromatic heterocycles. The Morgan fingerprint density at radius 2 is 0.854 bits per heavy atom. The summed E-state index contributed by atoms with van der Waals surface area (Å²) in [5.41, 5.74) is 1.73. The van der Waals surface area contributed by atoms with Crippen LogP contribution in [-0.4, -0.2) is 13.1 Å². The van der Waals surface area contributed by atoms with Crippen molar-refractivity contribution in [3.05, 3.63) is 121 Å². The van der Waals surface area contributed by atoms with E-state index in [1.165, 1.54) is 62.4 Å². The molecule has 0 atom stereocenters. The Balaban J connectivity index is 1.75. The summed E-state index contributed by atoms with van der Waals surface area (Å²) in [5.74, 6) is 0. The van der Waals surface area contributed by atoms with Gasteiger partial charge in [-0.15, -0.1) is 0 Å². The second-order valence-electron chi connectivity index (χ2n) is 10.8. The fourth-order valence-electron chi connectivity index (χ4n) is 6.41. The van der Waals surface area contributed by atoms with Gasteiger partial charge in [0.1, 0.15) is 11.2 Å². The monoisotopic (exact) mass is 551 g/mol. The van der Waals surface area contributed by atoms with Crippen LogP contribution in [0, 0.1) is 0 Å². The third kappa shape index (κ3) is 4.25. The SMILES string of the molecule is c1ccc2c(c1)ccc1c3ccccc3op(N3CCCCC3)oc3ccccc3c3ccc4ccccc4c3c21. The normalized spacial score (nSPS) is 14.2. The molecule has 8 rings (SSSR count). The number of nitrogens with zero attached hydrogens (tertiary/aromatic N) is 1. The largest absolute Gasteiger partial charge is 0.408 e. The van der Waals surface area contributed by atoms with Gasteiger partial charge in [-0.2, -0.15) is 0 Å². The van der Waals surface area contributed by atoms with E-state index in [1.54, 1.807) is 0 Å². The Bertz CT molecular complexity index is 2060. The standard InChI is InChI=1S/C37H30NO2P/c1-10-24-38(25-11-1)41-39-34-18-8-6-16-30(34)32-22-20-26-12-2-4-14-28(26)36(32)37-29-15-5-3-13-27(29)21-23-33(37)31-17-7-9-19-35(31)40-41/h2-9,12-23H,1,10-11,24-25H2. The Kier molecular flexibility index (Phi) is 6.13. The molecule has 0 bridgehead atoms. The number of para-hydroxylation sites is 2. The highest BCUT2D eigenvalue weighted by Crippen LogP contribution is 2.41. The number of benzene rings is 6. The van der Waals surface area contributed by atoms with E-state index in [4.69, 9.17) is 8.39 Å². The van der Waals surface area contributed by atoms with Crippen LogP contribution < -0.4 is 4.67 Å². The van der Waals surface area contributed by atoms with E-state index < -0.39 is 8.16 Å². The smallest absolute Gasteiger partial charge is 0.309 e. The molecule has 1 fully saturated rings. The maximum Gasteiger partial charge on any atom is 0.309 e. The molecule has 0 aliphatic carbocycles. The lowest BCUT2D eigenvalue weighted by Gasteiger charge is -2.22. The first kappa shape index (κ1) is 24.5. The predicted molar refractivity (Wildman–Crippen MR) is 176 cm³/mol. The molecule has 7 aromatic rings. The van der Waals surface area contributed by atoms with Gasteiger partial charge in [-0.05, 0) is 68.1 Å². The lowest BCUT2D eigenvalue weighted by molar-refractivity contribution is 0.559. The quantitative estimate of drug-likeness (QED) is 0.203. The van der Waals surface area contributed by atoms with Crippen LogP contribution >= 0.6 is 8.16 Å². The van der Waals surface area contributed by atoms with Gasteiger partial charge in [0.2, 0.25) is 0 Å². The summed E-state index contributed by atoms with van der Waals surface area (Å²) >= 11 is 0. The minimum atomic E-state index is -1.36. The first-order chi connectivity index (χ1) is 20.3. The van der Waals surface area contributed by atoms with Gasteiger partial charge in [-0.3, -0.25) is 0 Å². The fourth-order valence-corrected chi connectivity index (χ4v) is 7.94. The minimum absolute atomic E-state index is 0.863. The van der Waals surface area contributed by atoms with Gasteiger partial charge in [0.05, 0.1) is 0 Å². The maximum atomic E-state index is 6.95. The summed E-state index contributed by atoms with van der Waals surface area (Å²) in [6.07, 6.45) is 3.59. The van der Waals surface area contributed by atoms with E-state index >= 15 is 0 Å². The molecular formula is C37H30NO2P. The van der Waals surface area contributed by atoms with Crippen LogP contribution in [0.1, 0.15) is 19.3 Å². The molecule has 1 saturated heterocycles. The molecule has 1 aliphatic rings. The summed E-state index contributed by atoms with van der Waals surface area (Å²) in [7, 11) is -1.36. The molecular weight excluding hydrogens is 521 g/mol. The van der Waals surface area contributed by atoms with E-state index in [0.717, 1.165) is 35.0 Å². The summed E-state index contributed by atoms with van der Waals surface area (Å²) in [6, 6.07) is 43.5. The van der Waals surface area contributed by atoms with Crippen molar-refractivity contribution in [2.45, 2.75) is 19.3 Å². The molecule has 0 unspecified atom stereocenters. The summed E-state index contributed by atoms with van der Waals surface area (Å²) in [6.45, 7) is 1.97. The van der Waals surface area contributed by atoms with Gasteiger partial charge in [0, 0.05) is 23.9 Å². The van der Waals surface area contributed by atoms with Gasteiger partial charge in [0.15, 0.2) is 0 Å². The van der Waals surface area contributed by atoms with E-state index in [-0.39, 0.29) is 0 Å².